The van der Waals surface area contributed by atoms with Crippen molar-refractivity contribution in [1.29, 1.82) is 0 Å². The first kappa shape index (κ1) is 17.0. The molecule has 0 spiro atoms. The van der Waals surface area contributed by atoms with Gasteiger partial charge in [0, 0.05) is 13.0 Å². The molecule has 8 heteroatoms. The van der Waals surface area contributed by atoms with Gasteiger partial charge in [-0.2, -0.15) is 0 Å². The Morgan fingerprint density at radius 1 is 1.08 bits per heavy atom. The van der Waals surface area contributed by atoms with Crippen molar-refractivity contribution in [2.45, 2.75) is 13.0 Å². The number of benzene rings is 1. The van der Waals surface area contributed by atoms with E-state index < -0.39 is 6.03 Å². The van der Waals surface area contributed by atoms with E-state index in [2.05, 4.69) is 20.9 Å². The number of carbonyl (C=O) groups is 2. The first-order valence-electron chi connectivity index (χ1n) is 7.86. The van der Waals surface area contributed by atoms with Crippen LogP contribution in [0.2, 0.25) is 0 Å². The first-order chi connectivity index (χ1) is 12.2. The summed E-state index contributed by atoms with van der Waals surface area (Å²) in [7, 11) is 0. The summed E-state index contributed by atoms with van der Waals surface area (Å²) in [5.41, 5.74) is 0.976. The van der Waals surface area contributed by atoms with Crippen molar-refractivity contribution >= 4 is 33.5 Å². The van der Waals surface area contributed by atoms with Gasteiger partial charge in [-0.3, -0.25) is 4.79 Å². The molecular weight excluding hydrogens is 340 g/mol. The maximum absolute atomic E-state index is 11.8. The summed E-state index contributed by atoms with van der Waals surface area (Å²) in [6.07, 6.45) is 2.20. The summed E-state index contributed by atoms with van der Waals surface area (Å²) in [4.78, 5) is 27.8. The number of furan rings is 1. The van der Waals surface area contributed by atoms with Gasteiger partial charge in [0.05, 0.1) is 34.6 Å². The quantitative estimate of drug-likeness (QED) is 0.602. The molecule has 2 heterocycles. The van der Waals surface area contributed by atoms with Crippen molar-refractivity contribution in [3.8, 4) is 0 Å². The van der Waals surface area contributed by atoms with Crippen LogP contribution in [0.3, 0.4) is 0 Å². The fraction of sp³-hybridized carbons (Fsp3) is 0.235. The van der Waals surface area contributed by atoms with Crippen LogP contribution in [0, 0.1) is 0 Å². The minimum Gasteiger partial charge on any atom is -0.467 e. The highest BCUT2D eigenvalue weighted by atomic mass is 32.1. The predicted molar refractivity (Wildman–Crippen MR) is 95.3 cm³/mol. The van der Waals surface area contributed by atoms with Gasteiger partial charge in [-0.15, -0.1) is 11.3 Å². The fourth-order valence-electron chi connectivity index (χ4n) is 2.20. The lowest BCUT2D eigenvalue weighted by atomic mass is 10.3. The molecule has 0 radical (unpaired) electrons. The number of urea groups is 1. The minimum atomic E-state index is -0.419. The van der Waals surface area contributed by atoms with E-state index in [4.69, 9.17) is 4.42 Å². The summed E-state index contributed by atoms with van der Waals surface area (Å²) >= 11 is 1.62. The predicted octanol–water partition coefficient (Wildman–Crippen LogP) is 2.05. The Labute approximate surface area is 148 Å². The molecule has 3 amide bonds. The first-order valence-corrected chi connectivity index (χ1v) is 8.67. The van der Waals surface area contributed by atoms with E-state index in [-0.39, 0.29) is 19.0 Å². The number of amides is 3. The Morgan fingerprint density at radius 3 is 2.76 bits per heavy atom. The molecule has 0 aliphatic carbocycles. The van der Waals surface area contributed by atoms with E-state index in [9.17, 15) is 9.59 Å². The average molecular weight is 358 g/mol. The van der Waals surface area contributed by atoms with E-state index >= 15 is 0 Å². The minimum absolute atomic E-state index is 0.0795. The molecule has 0 saturated carbocycles. The van der Waals surface area contributed by atoms with Crippen LogP contribution in [0.5, 0.6) is 0 Å². The average Bonchev–Trinajstić information content (AvgIpc) is 3.27. The number of aromatic nitrogens is 1. The molecule has 0 bridgehead atoms. The largest absolute Gasteiger partial charge is 0.467 e. The molecule has 0 atom stereocenters. The van der Waals surface area contributed by atoms with Gasteiger partial charge in [-0.1, -0.05) is 12.1 Å². The third-order valence-electron chi connectivity index (χ3n) is 3.41. The van der Waals surface area contributed by atoms with Gasteiger partial charge in [-0.05, 0) is 24.3 Å². The van der Waals surface area contributed by atoms with Crippen LogP contribution in [-0.4, -0.2) is 30.0 Å². The number of nitrogens with one attached hydrogen (secondary N) is 3. The van der Waals surface area contributed by atoms with Gasteiger partial charge in [0.2, 0.25) is 5.91 Å². The summed E-state index contributed by atoms with van der Waals surface area (Å²) < 4.78 is 6.24. The zero-order valence-electron chi connectivity index (χ0n) is 13.5. The Morgan fingerprint density at radius 2 is 1.96 bits per heavy atom. The number of fused-ring (bicyclic) bond motifs is 1. The van der Waals surface area contributed by atoms with E-state index in [1.807, 2.05) is 24.3 Å². The van der Waals surface area contributed by atoms with Gasteiger partial charge in [0.1, 0.15) is 5.76 Å². The van der Waals surface area contributed by atoms with E-state index in [0.717, 1.165) is 15.2 Å². The van der Waals surface area contributed by atoms with Crippen molar-refractivity contribution in [3.63, 3.8) is 0 Å². The monoisotopic (exact) mass is 358 g/mol. The van der Waals surface area contributed by atoms with Gasteiger partial charge in [0.25, 0.3) is 0 Å². The topological polar surface area (TPSA) is 96.3 Å². The second-order valence-corrected chi connectivity index (χ2v) is 6.41. The lowest BCUT2D eigenvalue weighted by Gasteiger charge is -2.07. The van der Waals surface area contributed by atoms with E-state index in [0.29, 0.717) is 18.7 Å². The van der Waals surface area contributed by atoms with Crippen LogP contribution in [0.25, 0.3) is 10.2 Å². The van der Waals surface area contributed by atoms with Crippen molar-refractivity contribution in [2.24, 2.45) is 0 Å². The molecule has 3 rings (SSSR count). The zero-order chi connectivity index (χ0) is 17.5. The van der Waals surface area contributed by atoms with Gasteiger partial charge < -0.3 is 20.4 Å². The molecule has 2 aromatic heterocycles. The fourth-order valence-corrected chi connectivity index (χ4v) is 3.17. The molecule has 0 fully saturated rings. The molecular formula is C17H18N4O3S. The number of hydrogen-bond donors (Lipinski definition) is 3. The number of thiazole rings is 1. The van der Waals surface area contributed by atoms with Crippen LogP contribution < -0.4 is 16.0 Å². The lowest BCUT2D eigenvalue weighted by Crippen LogP contribution is -2.42. The second-order valence-electron chi connectivity index (χ2n) is 5.29. The second kappa shape index (κ2) is 8.29. The number of hydrogen-bond acceptors (Lipinski definition) is 5. The van der Waals surface area contributed by atoms with Crippen LogP contribution in [0.15, 0.2) is 47.1 Å². The van der Waals surface area contributed by atoms with Gasteiger partial charge in [-0.25, -0.2) is 9.78 Å². The summed E-state index contributed by atoms with van der Waals surface area (Å²) in [5, 5.41) is 8.85. The molecule has 0 aliphatic heterocycles. The third kappa shape index (κ3) is 5.05. The highest BCUT2D eigenvalue weighted by Crippen LogP contribution is 2.21. The van der Waals surface area contributed by atoms with Crippen LogP contribution >= 0.6 is 11.3 Å². The van der Waals surface area contributed by atoms with Crippen LogP contribution in [0.4, 0.5) is 4.79 Å². The van der Waals surface area contributed by atoms with Crippen molar-refractivity contribution in [1.82, 2.24) is 20.9 Å². The molecule has 0 aliphatic rings. The van der Waals surface area contributed by atoms with E-state index in [1.54, 1.807) is 23.5 Å². The molecule has 3 aromatic rings. The van der Waals surface area contributed by atoms with Crippen molar-refractivity contribution in [3.05, 3.63) is 53.4 Å². The van der Waals surface area contributed by atoms with Gasteiger partial charge in [0.15, 0.2) is 0 Å². The van der Waals surface area contributed by atoms with Crippen LogP contribution in [-0.2, 0) is 17.8 Å². The summed E-state index contributed by atoms with van der Waals surface area (Å²) in [5.74, 6) is 0.407. The van der Waals surface area contributed by atoms with Gasteiger partial charge >= 0.3 is 6.03 Å². The number of carbonyl (C=O) groups excluding carboxylic acids is 2. The standard InChI is InChI=1S/C17H18N4O3S/c22-15(11-20-17(23)19-10-12-4-3-9-24-12)18-8-7-16-21-13-5-1-2-6-14(13)25-16/h1-6,9H,7-8,10-11H2,(H,18,22)(H2,19,20,23). The van der Waals surface area contributed by atoms with Crippen molar-refractivity contribution in [2.75, 3.05) is 13.1 Å². The molecule has 130 valence electrons. The van der Waals surface area contributed by atoms with Crippen molar-refractivity contribution < 1.29 is 14.0 Å². The highest BCUT2D eigenvalue weighted by Gasteiger charge is 2.07. The molecule has 0 saturated heterocycles. The molecule has 1 aromatic carbocycles. The third-order valence-corrected chi connectivity index (χ3v) is 4.51. The normalized spacial score (nSPS) is 10.6. The molecule has 7 nitrogen and oxygen atoms in total. The summed E-state index contributed by atoms with van der Waals surface area (Å²) in [6.45, 7) is 0.677. The molecule has 3 N–H and O–H groups in total. The summed E-state index contributed by atoms with van der Waals surface area (Å²) in [6, 6.07) is 11.0. The number of para-hydroxylation sites is 1. The maximum atomic E-state index is 11.8. The Balaban J connectivity index is 1.33. The maximum Gasteiger partial charge on any atom is 0.315 e. The van der Waals surface area contributed by atoms with E-state index in [1.165, 1.54) is 6.26 Å². The number of nitrogens with zero attached hydrogens (tertiary/aromatic N) is 1. The highest BCUT2D eigenvalue weighted by molar-refractivity contribution is 7.18. The smallest absolute Gasteiger partial charge is 0.315 e. The lowest BCUT2D eigenvalue weighted by molar-refractivity contribution is -0.120. The van der Waals surface area contributed by atoms with Crippen LogP contribution in [0.1, 0.15) is 10.8 Å². The zero-order valence-corrected chi connectivity index (χ0v) is 14.3. The molecule has 0 unspecified atom stereocenters. The SMILES string of the molecule is O=C(CNC(=O)NCc1ccco1)NCCc1nc2ccccc2s1. The number of rotatable bonds is 7. The molecule has 25 heavy (non-hydrogen) atoms. The Hall–Kier alpha value is -2.87. The Bertz CT molecular complexity index is 812. The Kier molecular flexibility index (Phi) is 5.63.